The number of rotatable bonds is 3. The topological polar surface area (TPSA) is 9.23 Å². The standard InChI is InChI=1S/C21H10F6O/c1-2-7-28-21-19(26)17(24)14(18(25)20(21)27)6-4-11-3-5-12-9-15(22)16(23)10-13(12)8-11/h2-3,5,8-10H,1,7H2. The van der Waals surface area contributed by atoms with Gasteiger partial charge in [0, 0.05) is 5.56 Å². The lowest BCUT2D eigenvalue weighted by Gasteiger charge is -2.09. The second-order valence-corrected chi connectivity index (χ2v) is 5.64. The first kappa shape index (κ1) is 19.4. The summed E-state index contributed by atoms with van der Waals surface area (Å²) in [6.07, 6.45) is 1.15. The zero-order chi connectivity index (χ0) is 20.4. The summed E-state index contributed by atoms with van der Waals surface area (Å²) in [5.74, 6) is -5.79. The molecule has 0 radical (unpaired) electrons. The van der Waals surface area contributed by atoms with Crippen LogP contribution in [0.3, 0.4) is 0 Å². The van der Waals surface area contributed by atoms with Gasteiger partial charge in [0.1, 0.15) is 12.2 Å². The predicted molar refractivity (Wildman–Crippen MR) is 91.8 cm³/mol. The fourth-order valence-electron chi connectivity index (χ4n) is 2.44. The van der Waals surface area contributed by atoms with E-state index in [1.54, 1.807) is 0 Å². The summed E-state index contributed by atoms with van der Waals surface area (Å²) in [4.78, 5) is 0. The first-order chi connectivity index (χ1) is 13.3. The van der Waals surface area contributed by atoms with Crippen LogP contribution in [0.15, 0.2) is 43.0 Å². The molecule has 0 saturated heterocycles. The lowest BCUT2D eigenvalue weighted by atomic mass is 10.1. The van der Waals surface area contributed by atoms with Gasteiger partial charge in [-0.05, 0) is 35.0 Å². The molecule has 0 N–H and O–H groups in total. The third kappa shape index (κ3) is 3.54. The molecule has 0 aliphatic carbocycles. The van der Waals surface area contributed by atoms with Gasteiger partial charge < -0.3 is 4.74 Å². The van der Waals surface area contributed by atoms with Crippen molar-refractivity contribution in [2.24, 2.45) is 0 Å². The summed E-state index contributed by atoms with van der Waals surface area (Å²) in [6, 6.07) is 6.06. The van der Waals surface area contributed by atoms with Crippen molar-refractivity contribution < 1.29 is 31.1 Å². The molecular formula is C21H10F6O. The number of hydrogen-bond donors (Lipinski definition) is 0. The molecule has 3 aromatic rings. The molecule has 0 bridgehead atoms. The molecule has 0 amide bonds. The highest BCUT2D eigenvalue weighted by Crippen LogP contribution is 2.30. The number of hydrogen-bond acceptors (Lipinski definition) is 1. The Morgan fingerprint density at radius 2 is 1.39 bits per heavy atom. The molecule has 28 heavy (non-hydrogen) atoms. The van der Waals surface area contributed by atoms with Crippen LogP contribution in [0, 0.1) is 46.7 Å². The van der Waals surface area contributed by atoms with Gasteiger partial charge in [-0.3, -0.25) is 0 Å². The summed E-state index contributed by atoms with van der Waals surface area (Å²) in [5, 5.41) is 0.666. The van der Waals surface area contributed by atoms with E-state index in [4.69, 9.17) is 0 Å². The maximum atomic E-state index is 14.1. The average molecular weight is 392 g/mol. The van der Waals surface area contributed by atoms with Crippen molar-refractivity contribution in [3.05, 3.63) is 89.0 Å². The molecule has 0 unspecified atom stereocenters. The minimum atomic E-state index is -1.72. The van der Waals surface area contributed by atoms with Crippen molar-refractivity contribution in [1.29, 1.82) is 0 Å². The highest BCUT2D eigenvalue weighted by Gasteiger charge is 2.25. The number of ether oxygens (including phenoxy) is 1. The third-order valence-electron chi connectivity index (χ3n) is 3.78. The Labute approximate surface area is 155 Å². The second kappa shape index (κ2) is 7.69. The van der Waals surface area contributed by atoms with Gasteiger partial charge in [-0.2, -0.15) is 8.78 Å². The van der Waals surface area contributed by atoms with E-state index in [9.17, 15) is 26.3 Å². The molecule has 0 fully saturated rings. The van der Waals surface area contributed by atoms with Crippen LogP contribution in [0.1, 0.15) is 11.1 Å². The van der Waals surface area contributed by atoms with Gasteiger partial charge in [0.25, 0.3) is 0 Å². The highest BCUT2D eigenvalue weighted by molar-refractivity contribution is 5.84. The van der Waals surface area contributed by atoms with Gasteiger partial charge in [-0.25, -0.2) is 17.6 Å². The molecule has 0 aromatic heterocycles. The minimum absolute atomic E-state index is 0.171. The van der Waals surface area contributed by atoms with E-state index in [1.165, 1.54) is 18.2 Å². The number of fused-ring (bicyclic) bond motifs is 1. The number of halogens is 6. The normalized spacial score (nSPS) is 10.5. The molecule has 0 atom stereocenters. The maximum Gasteiger partial charge on any atom is 0.205 e. The summed E-state index contributed by atoms with van der Waals surface area (Å²) in [5.41, 5.74) is -0.948. The molecule has 0 aliphatic heterocycles. The van der Waals surface area contributed by atoms with E-state index >= 15 is 0 Å². The minimum Gasteiger partial charge on any atom is -0.483 e. The van der Waals surface area contributed by atoms with Crippen molar-refractivity contribution >= 4 is 10.8 Å². The summed E-state index contributed by atoms with van der Waals surface area (Å²) < 4.78 is 87.3. The molecule has 1 nitrogen and oxygen atoms in total. The monoisotopic (exact) mass is 392 g/mol. The van der Waals surface area contributed by atoms with E-state index in [0.29, 0.717) is 5.39 Å². The van der Waals surface area contributed by atoms with Crippen LogP contribution >= 0.6 is 0 Å². The van der Waals surface area contributed by atoms with Crippen molar-refractivity contribution in [2.45, 2.75) is 0 Å². The Morgan fingerprint density at radius 3 is 2.00 bits per heavy atom. The lowest BCUT2D eigenvalue weighted by Crippen LogP contribution is -2.06. The van der Waals surface area contributed by atoms with Gasteiger partial charge in [-0.1, -0.05) is 30.6 Å². The molecule has 0 aliphatic rings. The van der Waals surface area contributed by atoms with Crippen molar-refractivity contribution in [2.75, 3.05) is 6.61 Å². The van der Waals surface area contributed by atoms with Crippen molar-refractivity contribution in [3.8, 4) is 17.6 Å². The Balaban J connectivity index is 2.05. The summed E-state index contributed by atoms with van der Waals surface area (Å²) in [6.45, 7) is 2.91. The summed E-state index contributed by atoms with van der Waals surface area (Å²) >= 11 is 0. The van der Waals surface area contributed by atoms with Crippen molar-refractivity contribution in [1.82, 2.24) is 0 Å². The Morgan fingerprint density at radius 1 is 0.786 bits per heavy atom. The van der Waals surface area contributed by atoms with Crippen LogP contribution in [0.5, 0.6) is 5.75 Å². The quantitative estimate of drug-likeness (QED) is 0.243. The molecule has 0 heterocycles. The van der Waals surface area contributed by atoms with Crippen LogP contribution in [-0.4, -0.2) is 6.61 Å². The van der Waals surface area contributed by atoms with Crippen molar-refractivity contribution in [3.63, 3.8) is 0 Å². The molecule has 142 valence electrons. The third-order valence-corrected chi connectivity index (χ3v) is 3.78. The summed E-state index contributed by atoms with van der Waals surface area (Å²) in [7, 11) is 0. The fourth-order valence-corrected chi connectivity index (χ4v) is 2.44. The zero-order valence-corrected chi connectivity index (χ0v) is 14.1. The van der Waals surface area contributed by atoms with Crippen LogP contribution in [0.4, 0.5) is 26.3 Å². The average Bonchev–Trinajstić information content (AvgIpc) is 2.67. The molecule has 3 aromatic carbocycles. The molecule has 0 spiro atoms. The fraction of sp³-hybridized carbons (Fsp3) is 0.0476. The molecule has 3 rings (SSSR count). The largest absolute Gasteiger partial charge is 0.483 e. The van der Waals surface area contributed by atoms with Crippen LogP contribution < -0.4 is 4.74 Å². The zero-order valence-electron chi connectivity index (χ0n) is 14.1. The predicted octanol–water partition coefficient (Wildman–Crippen LogP) is 5.64. The first-order valence-corrected chi connectivity index (χ1v) is 7.84. The van der Waals surface area contributed by atoms with Crippen LogP contribution in [0.2, 0.25) is 0 Å². The molecule has 0 saturated carbocycles. The van der Waals surface area contributed by atoms with Gasteiger partial charge in [0.2, 0.25) is 11.6 Å². The Kier molecular flexibility index (Phi) is 5.32. The first-order valence-electron chi connectivity index (χ1n) is 7.84. The van der Waals surface area contributed by atoms with E-state index in [1.807, 2.05) is 5.92 Å². The van der Waals surface area contributed by atoms with Crippen LogP contribution in [0.25, 0.3) is 10.8 Å². The smallest absolute Gasteiger partial charge is 0.205 e. The van der Waals surface area contributed by atoms with E-state index in [0.717, 1.165) is 18.2 Å². The van der Waals surface area contributed by atoms with Gasteiger partial charge in [0.15, 0.2) is 29.0 Å². The lowest BCUT2D eigenvalue weighted by molar-refractivity contribution is 0.301. The van der Waals surface area contributed by atoms with Gasteiger partial charge >= 0.3 is 0 Å². The highest BCUT2D eigenvalue weighted by atomic mass is 19.2. The Bertz CT molecular complexity index is 1130. The Hall–Kier alpha value is -3.40. The van der Waals surface area contributed by atoms with E-state index in [2.05, 4.69) is 17.2 Å². The van der Waals surface area contributed by atoms with E-state index < -0.39 is 46.2 Å². The second-order valence-electron chi connectivity index (χ2n) is 5.64. The maximum absolute atomic E-state index is 14.1. The molecule has 7 heteroatoms. The SMILES string of the molecule is C=CCOc1c(F)c(F)c(C#Cc2ccc3cc(F)c(F)cc3c2)c(F)c1F. The van der Waals surface area contributed by atoms with Gasteiger partial charge in [-0.15, -0.1) is 0 Å². The van der Waals surface area contributed by atoms with Gasteiger partial charge in [0.05, 0.1) is 0 Å². The molecular weight excluding hydrogens is 382 g/mol. The number of benzene rings is 3. The van der Waals surface area contributed by atoms with Crippen LogP contribution in [-0.2, 0) is 0 Å². The van der Waals surface area contributed by atoms with E-state index in [-0.39, 0.29) is 17.6 Å².